The van der Waals surface area contributed by atoms with Gasteiger partial charge in [-0.2, -0.15) is 0 Å². The quantitative estimate of drug-likeness (QED) is 0.857. The van der Waals surface area contributed by atoms with Crippen LogP contribution in [0.1, 0.15) is 10.4 Å². The molecule has 0 saturated heterocycles. The Balaban J connectivity index is 2.19. The van der Waals surface area contributed by atoms with Crippen LogP contribution >= 0.6 is 11.3 Å². The molecule has 21 heavy (non-hydrogen) atoms. The molecule has 7 heteroatoms. The van der Waals surface area contributed by atoms with Gasteiger partial charge >= 0.3 is 0 Å². The fourth-order valence-corrected chi connectivity index (χ4v) is 4.31. The largest absolute Gasteiger partial charge is 0.319 e. The highest BCUT2D eigenvalue weighted by atomic mass is 32.2. The average molecular weight is 328 g/mol. The van der Waals surface area contributed by atoms with E-state index in [1.54, 1.807) is 13.0 Å². The average Bonchev–Trinajstić information content (AvgIpc) is 2.89. The maximum Gasteiger partial charge on any atom is 0.271 e. The first-order valence-corrected chi connectivity index (χ1v) is 8.74. The van der Waals surface area contributed by atoms with E-state index in [9.17, 15) is 12.8 Å². The minimum Gasteiger partial charge on any atom is -0.319 e. The van der Waals surface area contributed by atoms with Crippen LogP contribution in [-0.2, 0) is 16.4 Å². The summed E-state index contributed by atoms with van der Waals surface area (Å²) in [4.78, 5) is 1.00. The molecule has 1 aromatic carbocycles. The van der Waals surface area contributed by atoms with E-state index in [1.807, 2.05) is 13.1 Å². The highest BCUT2D eigenvalue weighted by molar-refractivity contribution is 7.94. The number of halogens is 1. The minimum absolute atomic E-state index is 0.261. The molecule has 0 bridgehead atoms. The number of thiophene rings is 1. The van der Waals surface area contributed by atoms with Crippen molar-refractivity contribution < 1.29 is 12.8 Å². The number of anilines is 1. The molecule has 4 nitrogen and oxygen atoms in total. The Bertz CT molecular complexity index is 726. The van der Waals surface area contributed by atoms with E-state index >= 15 is 0 Å². The van der Waals surface area contributed by atoms with Crippen molar-refractivity contribution in [3.8, 4) is 0 Å². The second-order valence-corrected chi connectivity index (χ2v) is 7.72. The monoisotopic (exact) mass is 328 g/mol. The predicted molar refractivity (Wildman–Crippen MR) is 83.9 cm³/mol. The molecule has 0 fully saturated rings. The number of aryl methyl sites for hydroxylation is 1. The minimum atomic E-state index is -3.63. The van der Waals surface area contributed by atoms with Crippen LogP contribution in [0.2, 0.25) is 0 Å². The molecule has 1 heterocycles. The molecule has 0 atom stereocenters. The van der Waals surface area contributed by atoms with Crippen LogP contribution in [-0.4, -0.2) is 22.0 Å². The first kappa shape index (κ1) is 15.9. The van der Waals surface area contributed by atoms with Crippen molar-refractivity contribution in [1.29, 1.82) is 0 Å². The van der Waals surface area contributed by atoms with Crippen molar-refractivity contribution in [1.82, 2.24) is 5.32 Å². The molecule has 1 aromatic heterocycles. The summed E-state index contributed by atoms with van der Waals surface area (Å²) in [6, 6.07) is 7.37. The van der Waals surface area contributed by atoms with Crippen molar-refractivity contribution in [2.45, 2.75) is 17.6 Å². The second kappa shape index (κ2) is 6.55. The van der Waals surface area contributed by atoms with E-state index in [0.29, 0.717) is 11.3 Å². The summed E-state index contributed by atoms with van der Waals surface area (Å²) < 4.78 is 40.4. The van der Waals surface area contributed by atoms with Gasteiger partial charge in [-0.25, -0.2) is 12.8 Å². The lowest BCUT2D eigenvalue weighted by atomic mass is 10.2. The number of nitrogens with one attached hydrogen (secondary N) is 2. The van der Waals surface area contributed by atoms with E-state index in [2.05, 4.69) is 10.0 Å². The zero-order valence-corrected chi connectivity index (χ0v) is 13.4. The van der Waals surface area contributed by atoms with Gasteiger partial charge in [-0.1, -0.05) is 0 Å². The van der Waals surface area contributed by atoms with Gasteiger partial charge < -0.3 is 5.32 Å². The van der Waals surface area contributed by atoms with Crippen molar-refractivity contribution >= 4 is 27.0 Å². The number of benzene rings is 1. The second-order valence-electron chi connectivity index (χ2n) is 4.64. The zero-order chi connectivity index (χ0) is 15.5. The number of sulfonamides is 1. The molecular formula is C14H17FN2O2S2. The zero-order valence-electron chi connectivity index (χ0n) is 11.8. The van der Waals surface area contributed by atoms with Crippen LogP contribution in [0.15, 0.2) is 34.5 Å². The van der Waals surface area contributed by atoms with Crippen LogP contribution in [0.5, 0.6) is 0 Å². The molecule has 0 saturated carbocycles. The Morgan fingerprint density at radius 1 is 1.24 bits per heavy atom. The molecule has 0 radical (unpaired) electrons. The molecule has 0 unspecified atom stereocenters. The van der Waals surface area contributed by atoms with Crippen molar-refractivity contribution in [3.63, 3.8) is 0 Å². The van der Waals surface area contributed by atoms with Crippen LogP contribution in [0.3, 0.4) is 0 Å². The van der Waals surface area contributed by atoms with Gasteiger partial charge in [0.25, 0.3) is 10.0 Å². The molecule has 0 spiro atoms. The highest BCUT2D eigenvalue weighted by Crippen LogP contribution is 2.25. The Hall–Kier alpha value is -1.44. The first-order valence-electron chi connectivity index (χ1n) is 6.44. The van der Waals surface area contributed by atoms with Gasteiger partial charge in [0, 0.05) is 4.88 Å². The molecule has 0 aliphatic carbocycles. The topological polar surface area (TPSA) is 58.2 Å². The predicted octanol–water partition coefficient (Wildman–Crippen LogP) is 2.76. The van der Waals surface area contributed by atoms with E-state index in [0.717, 1.165) is 17.8 Å². The number of hydrogen-bond acceptors (Lipinski definition) is 4. The molecule has 2 N–H and O–H groups in total. The molecule has 114 valence electrons. The lowest BCUT2D eigenvalue weighted by molar-refractivity contribution is 0.602. The number of hydrogen-bond donors (Lipinski definition) is 2. The standard InChI is InChI=1S/C14H17FN2O2S2/c1-10-9-11(15)3-5-13(10)17-21(18,19)14-6-4-12(20-14)7-8-16-2/h3-6,9,16-17H,7-8H2,1-2H3. The summed E-state index contributed by atoms with van der Waals surface area (Å²) in [5.74, 6) is -0.388. The third kappa shape index (κ3) is 4.03. The van der Waals surface area contributed by atoms with Crippen molar-refractivity contribution in [2.75, 3.05) is 18.3 Å². The lowest BCUT2D eigenvalue weighted by Gasteiger charge is -2.09. The summed E-state index contributed by atoms with van der Waals surface area (Å²) >= 11 is 1.24. The van der Waals surface area contributed by atoms with E-state index in [1.165, 1.54) is 29.5 Å². The van der Waals surface area contributed by atoms with Gasteiger partial charge in [0.2, 0.25) is 0 Å². The Morgan fingerprint density at radius 3 is 2.67 bits per heavy atom. The van der Waals surface area contributed by atoms with Crippen molar-refractivity contribution in [3.05, 3.63) is 46.6 Å². The normalized spacial score (nSPS) is 11.6. The molecule has 2 aromatic rings. The fourth-order valence-electron chi connectivity index (χ4n) is 1.82. The van der Waals surface area contributed by atoms with Gasteiger partial charge in [-0.05, 0) is 62.8 Å². The Kier molecular flexibility index (Phi) is 4.97. The first-order chi connectivity index (χ1) is 9.92. The molecule has 2 rings (SSSR count). The smallest absolute Gasteiger partial charge is 0.271 e. The number of likely N-dealkylation sites (N-methyl/N-ethyl adjacent to an activating group) is 1. The third-order valence-electron chi connectivity index (χ3n) is 2.96. The lowest BCUT2D eigenvalue weighted by Crippen LogP contribution is -2.12. The van der Waals surface area contributed by atoms with E-state index in [4.69, 9.17) is 0 Å². The van der Waals surface area contributed by atoms with Crippen LogP contribution in [0, 0.1) is 12.7 Å². The van der Waals surface area contributed by atoms with Gasteiger partial charge in [-0.3, -0.25) is 4.72 Å². The number of rotatable bonds is 6. The summed E-state index contributed by atoms with van der Waals surface area (Å²) in [5.41, 5.74) is 0.937. The molecule has 0 amide bonds. The van der Waals surface area contributed by atoms with E-state index in [-0.39, 0.29) is 10.0 Å². The molecular weight excluding hydrogens is 311 g/mol. The van der Waals surface area contributed by atoms with Gasteiger partial charge in [0.1, 0.15) is 10.0 Å². The Morgan fingerprint density at radius 2 is 2.00 bits per heavy atom. The van der Waals surface area contributed by atoms with Gasteiger partial charge in [-0.15, -0.1) is 11.3 Å². The molecule has 0 aliphatic rings. The van der Waals surface area contributed by atoms with Crippen LogP contribution in [0.4, 0.5) is 10.1 Å². The summed E-state index contributed by atoms with van der Waals surface area (Å²) in [5, 5.41) is 3.02. The SMILES string of the molecule is CNCCc1ccc(S(=O)(=O)Nc2ccc(F)cc2C)s1. The van der Waals surface area contributed by atoms with Gasteiger partial charge in [0.15, 0.2) is 0 Å². The van der Waals surface area contributed by atoms with Gasteiger partial charge in [0.05, 0.1) is 5.69 Å². The van der Waals surface area contributed by atoms with E-state index < -0.39 is 10.0 Å². The summed E-state index contributed by atoms with van der Waals surface area (Å²) in [6.07, 6.45) is 0.784. The van der Waals surface area contributed by atoms with Crippen LogP contribution < -0.4 is 10.0 Å². The van der Waals surface area contributed by atoms with Crippen LogP contribution in [0.25, 0.3) is 0 Å². The maximum absolute atomic E-state index is 13.0. The molecule has 0 aliphatic heterocycles. The summed E-state index contributed by atoms with van der Waals surface area (Å²) in [7, 11) is -1.78. The summed E-state index contributed by atoms with van der Waals surface area (Å²) in [6.45, 7) is 2.46. The third-order valence-corrected chi connectivity index (χ3v) is 5.96. The highest BCUT2D eigenvalue weighted by Gasteiger charge is 2.18. The Labute approximate surface area is 128 Å². The fraction of sp³-hybridized carbons (Fsp3) is 0.286. The van der Waals surface area contributed by atoms with Crippen molar-refractivity contribution in [2.24, 2.45) is 0 Å². The maximum atomic E-state index is 13.0.